The Bertz CT molecular complexity index is 1040. The van der Waals surface area contributed by atoms with Crippen LogP contribution in [0.3, 0.4) is 0 Å². The first-order chi connectivity index (χ1) is 15.8. The summed E-state index contributed by atoms with van der Waals surface area (Å²) in [6, 6.07) is 1.18. The summed E-state index contributed by atoms with van der Waals surface area (Å²) >= 11 is 0. The second kappa shape index (κ2) is 10.2. The molecule has 0 unspecified atom stereocenters. The molecule has 2 aliphatic heterocycles. The number of hydrogen-bond donors (Lipinski definition) is 1. The summed E-state index contributed by atoms with van der Waals surface area (Å²) in [6.07, 6.45) is 1.35. The van der Waals surface area contributed by atoms with E-state index in [1.165, 1.54) is 10.4 Å². The Kier molecular flexibility index (Phi) is 7.86. The molecule has 0 saturated carbocycles. The number of carbonyl (C=O) groups is 2. The molecule has 0 bridgehead atoms. The van der Waals surface area contributed by atoms with Crippen LogP contribution in [-0.2, 0) is 19.6 Å². The van der Waals surface area contributed by atoms with Crippen molar-refractivity contribution in [2.24, 2.45) is 11.8 Å². The van der Waals surface area contributed by atoms with Crippen LogP contribution < -0.4 is 10.1 Å². The molecule has 2 saturated heterocycles. The summed E-state index contributed by atoms with van der Waals surface area (Å²) in [5.74, 6) is -3.04. The molecule has 2 aliphatic rings. The average molecular weight is 502 g/mol. The number of nitrogens with one attached hydrogen (secondary N) is 1. The van der Waals surface area contributed by atoms with Crippen molar-refractivity contribution in [3.63, 3.8) is 0 Å². The number of carbonyl (C=O) groups excluding carboxylic acids is 2. The van der Waals surface area contributed by atoms with Crippen LogP contribution in [0.25, 0.3) is 0 Å². The molecule has 1 aromatic rings. The molecule has 0 aromatic heterocycles. The second-order valence-corrected chi connectivity index (χ2v) is 11.4. The Hall–Kier alpha value is -2.27. The number of benzene rings is 1. The van der Waals surface area contributed by atoms with E-state index in [1.54, 1.807) is 11.8 Å². The highest BCUT2D eigenvalue weighted by atomic mass is 32.2. The van der Waals surface area contributed by atoms with Crippen LogP contribution in [0.5, 0.6) is 5.75 Å². The molecule has 8 nitrogen and oxygen atoms in total. The van der Waals surface area contributed by atoms with Gasteiger partial charge in [0.1, 0.15) is 17.9 Å². The van der Waals surface area contributed by atoms with Gasteiger partial charge in [0.25, 0.3) is 0 Å². The molecule has 0 radical (unpaired) electrons. The van der Waals surface area contributed by atoms with Crippen LogP contribution >= 0.6 is 0 Å². The van der Waals surface area contributed by atoms with Crippen molar-refractivity contribution in [3.8, 4) is 5.75 Å². The third kappa shape index (κ3) is 5.35. The maximum absolute atomic E-state index is 13.7. The number of halogens is 2. The standard InChI is InChI=1S/C23H33F2N3O5S/c1-6-14(4)22(29)26-20(13(2)3)23(30)27-10-9-18-21(27)19(12-28(18)34(5,31)32)33-15-7-8-16(24)17(25)11-15/h7-8,11,13-14,18-21H,6,9-10,12H2,1-5H3,(H,26,29)/t14-,18-,19+,20+,21+/m1/s1. The zero-order valence-electron chi connectivity index (χ0n) is 20.1. The Morgan fingerprint density at radius 1 is 1.21 bits per heavy atom. The maximum Gasteiger partial charge on any atom is 0.245 e. The SMILES string of the molecule is CC[C@@H](C)C(=O)N[C@H](C(=O)N1CC[C@@H]2[C@H]1[C@@H](Oc1ccc(F)c(F)c1)CN2S(C)(=O)=O)C(C)C. The Morgan fingerprint density at radius 2 is 1.88 bits per heavy atom. The molecule has 0 spiro atoms. The number of rotatable bonds is 8. The molecule has 2 amide bonds. The van der Waals surface area contributed by atoms with Crippen molar-refractivity contribution < 1.29 is 31.5 Å². The molecular formula is C23H33F2N3O5S. The van der Waals surface area contributed by atoms with Gasteiger partial charge in [-0.25, -0.2) is 17.2 Å². The van der Waals surface area contributed by atoms with Crippen molar-refractivity contribution in [3.05, 3.63) is 29.8 Å². The molecule has 3 rings (SSSR count). The van der Waals surface area contributed by atoms with Gasteiger partial charge in [0.05, 0.1) is 24.9 Å². The van der Waals surface area contributed by atoms with Crippen LogP contribution in [0.15, 0.2) is 18.2 Å². The summed E-state index contributed by atoms with van der Waals surface area (Å²) in [5.41, 5.74) is 0. The minimum atomic E-state index is -3.60. The minimum Gasteiger partial charge on any atom is -0.487 e. The molecule has 2 fully saturated rings. The van der Waals surface area contributed by atoms with E-state index >= 15 is 0 Å². The van der Waals surface area contributed by atoms with E-state index in [0.29, 0.717) is 19.4 Å². The topological polar surface area (TPSA) is 96.0 Å². The van der Waals surface area contributed by atoms with E-state index in [2.05, 4.69) is 5.32 Å². The normalized spacial score (nSPS) is 24.7. The van der Waals surface area contributed by atoms with Crippen molar-refractivity contribution in [2.45, 2.75) is 64.8 Å². The van der Waals surface area contributed by atoms with Gasteiger partial charge in [-0.05, 0) is 30.9 Å². The van der Waals surface area contributed by atoms with Crippen molar-refractivity contribution in [2.75, 3.05) is 19.3 Å². The molecule has 190 valence electrons. The van der Waals surface area contributed by atoms with Crippen LogP contribution in [-0.4, -0.2) is 73.0 Å². The fraction of sp³-hybridized carbons (Fsp3) is 0.652. The lowest BCUT2D eigenvalue weighted by Gasteiger charge is -2.33. The van der Waals surface area contributed by atoms with Gasteiger partial charge in [-0.1, -0.05) is 27.7 Å². The molecule has 1 aromatic carbocycles. The number of likely N-dealkylation sites (tertiary alicyclic amines) is 1. The summed E-state index contributed by atoms with van der Waals surface area (Å²) in [6.45, 7) is 7.61. The van der Waals surface area contributed by atoms with Gasteiger partial charge in [-0.2, -0.15) is 4.31 Å². The van der Waals surface area contributed by atoms with Gasteiger partial charge in [0.2, 0.25) is 21.8 Å². The van der Waals surface area contributed by atoms with Gasteiger partial charge >= 0.3 is 0 Å². The van der Waals surface area contributed by atoms with E-state index in [9.17, 15) is 26.8 Å². The van der Waals surface area contributed by atoms with Crippen molar-refractivity contribution >= 4 is 21.8 Å². The van der Waals surface area contributed by atoms with Crippen molar-refractivity contribution in [1.82, 2.24) is 14.5 Å². The number of amides is 2. The maximum atomic E-state index is 13.7. The predicted octanol–water partition coefficient (Wildman–Crippen LogP) is 2.14. The quantitative estimate of drug-likeness (QED) is 0.589. The molecule has 1 N–H and O–H groups in total. The number of sulfonamides is 1. The summed E-state index contributed by atoms with van der Waals surface area (Å²) in [4.78, 5) is 27.7. The second-order valence-electron chi connectivity index (χ2n) is 9.48. The van der Waals surface area contributed by atoms with Gasteiger partial charge in [-0.15, -0.1) is 0 Å². The van der Waals surface area contributed by atoms with E-state index in [1.807, 2.05) is 20.8 Å². The highest BCUT2D eigenvalue weighted by Crippen LogP contribution is 2.36. The van der Waals surface area contributed by atoms with Gasteiger partial charge < -0.3 is 15.0 Å². The molecule has 11 heteroatoms. The highest BCUT2D eigenvalue weighted by molar-refractivity contribution is 7.88. The van der Waals surface area contributed by atoms with Crippen LogP contribution in [0.1, 0.15) is 40.5 Å². The van der Waals surface area contributed by atoms with Crippen LogP contribution in [0.2, 0.25) is 0 Å². The van der Waals surface area contributed by atoms with Crippen LogP contribution in [0, 0.1) is 23.5 Å². The molecule has 0 aliphatic carbocycles. The Balaban J connectivity index is 1.89. The summed E-state index contributed by atoms with van der Waals surface area (Å²) in [5, 5.41) is 2.85. The predicted molar refractivity (Wildman–Crippen MR) is 122 cm³/mol. The first-order valence-corrected chi connectivity index (χ1v) is 13.4. The lowest BCUT2D eigenvalue weighted by molar-refractivity contribution is -0.140. The fourth-order valence-electron chi connectivity index (χ4n) is 4.63. The Morgan fingerprint density at radius 3 is 2.44 bits per heavy atom. The Labute approximate surface area is 199 Å². The summed E-state index contributed by atoms with van der Waals surface area (Å²) < 4.78 is 59.2. The molecular weight excluding hydrogens is 468 g/mol. The number of ether oxygens (including phenoxy) is 1. The zero-order valence-corrected chi connectivity index (χ0v) is 20.9. The largest absolute Gasteiger partial charge is 0.487 e. The van der Waals surface area contributed by atoms with E-state index < -0.39 is 45.9 Å². The minimum absolute atomic E-state index is 0.0253. The zero-order chi connectivity index (χ0) is 25.4. The fourth-order valence-corrected chi connectivity index (χ4v) is 5.77. The van der Waals surface area contributed by atoms with Crippen molar-refractivity contribution in [1.29, 1.82) is 0 Å². The van der Waals surface area contributed by atoms with Gasteiger partial charge in [0, 0.05) is 18.5 Å². The third-order valence-corrected chi connectivity index (χ3v) is 7.98. The van der Waals surface area contributed by atoms with E-state index in [-0.39, 0.29) is 35.9 Å². The third-order valence-electron chi connectivity index (χ3n) is 6.71. The van der Waals surface area contributed by atoms with Gasteiger partial charge in [-0.3, -0.25) is 9.59 Å². The van der Waals surface area contributed by atoms with E-state index in [0.717, 1.165) is 18.4 Å². The lowest BCUT2D eigenvalue weighted by Crippen LogP contribution is -2.56. The van der Waals surface area contributed by atoms with E-state index in [4.69, 9.17) is 4.74 Å². The molecule has 34 heavy (non-hydrogen) atoms. The first-order valence-electron chi connectivity index (χ1n) is 11.5. The monoisotopic (exact) mass is 501 g/mol. The number of fused-ring (bicyclic) bond motifs is 1. The first kappa shape index (κ1) is 26.3. The highest BCUT2D eigenvalue weighted by Gasteiger charge is 2.55. The summed E-state index contributed by atoms with van der Waals surface area (Å²) in [7, 11) is -3.60. The van der Waals surface area contributed by atoms with Crippen LogP contribution in [0.4, 0.5) is 8.78 Å². The van der Waals surface area contributed by atoms with Gasteiger partial charge in [0.15, 0.2) is 11.6 Å². The number of nitrogens with zero attached hydrogens (tertiary/aromatic N) is 2. The lowest BCUT2D eigenvalue weighted by atomic mass is 9.99. The smallest absolute Gasteiger partial charge is 0.245 e. The molecule has 5 atom stereocenters. The average Bonchev–Trinajstić information content (AvgIpc) is 3.34. The number of hydrogen-bond acceptors (Lipinski definition) is 5. The molecule has 2 heterocycles.